The Labute approximate surface area is 122 Å². The zero-order valence-electron chi connectivity index (χ0n) is 11.0. The van der Waals surface area contributed by atoms with Crippen LogP contribution in [0.3, 0.4) is 0 Å². The fourth-order valence-corrected chi connectivity index (χ4v) is 1.71. The largest absolute Gasteiger partial charge is 0.504 e. The summed E-state index contributed by atoms with van der Waals surface area (Å²) < 4.78 is 5.31. The molecule has 0 fully saturated rings. The Hall–Kier alpha value is -2.20. The first kappa shape index (κ1) is 14.2. The number of aromatic hydroxyl groups is 1. The Bertz CT molecular complexity index is 597. The number of phenols is 1. The van der Waals surface area contributed by atoms with Gasteiger partial charge in [-0.15, -0.1) is 0 Å². The Morgan fingerprint density at radius 3 is 2.70 bits per heavy atom. The van der Waals surface area contributed by atoms with Gasteiger partial charge in [0, 0.05) is 5.02 Å². The Morgan fingerprint density at radius 2 is 2.00 bits per heavy atom. The topological polar surface area (TPSA) is 53.8 Å². The van der Waals surface area contributed by atoms with E-state index in [0.717, 1.165) is 11.3 Å². The average molecular weight is 291 g/mol. The molecule has 0 saturated heterocycles. The third-order valence-electron chi connectivity index (χ3n) is 2.54. The molecule has 4 nitrogen and oxygen atoms in total. The molecule has 0 bridgehead atoms. The molecule has 0 aliphatic carbocycles. The summed E-state index contributed by atoms with van der Waals surface area (Å²) in [5.74, 6) is 0.567. The van der Waals surface area contributed by atoms with Crippen molar-refractivity contribution in [1.29, 1.82) is 0 Å². The molecule has 0 unspecified atom stereocenters. The first-order valence-electron chi connectivity index (χ1n) is 6.19. The number of hydrogen-bond donors (Lipinski definition) is 2. The van der Waals surface area contributed by atoms with Gasteiger partial charge in [-0.05, 0) is 55.0 Å². The lowest BCUT2D eigenvalue weighted by Crippen LogP contribution is -1.94. The van der Waals surface area contributed by atoms with Crippen molar-refractivity contribution in [2.45, 2.75) is 6.92 Å². The van der Waals surface area contributed by atoms with Crippen molar-refractivity contribution in [1.82, 2.24) is 0 Å². The van der Waals surface area contributed by atoms with Crippen molar-refractivity contribution in [2.24, 2.45) is 5.10 Å². The van der Waals surface area contributed by atoms with Crippen LogP contribution in [0, 0.1) is 0 Å². The van der Waals surface area contributed by atoms with Gasteiger partial charge in [-0.1, -0.05) is 11.6 Å². The summed E-state index contributed by atoms with van der Waals surface area (Å²) in [6, 6.07) is 12.3. The van der Waals surface area contributed by atoms with Crippen LogP contribution in [-0.2, 0) is 0 Å². The van der Waals surface area contributed by atoms with Gasteiger partial charge in [-0.2, -0.15) is 5.10 Å². The molecule has 0 aromatic heterocycles. The maximum absolute atomic E-state index is 9.60. The standard InChI is InChI=1S/C15H15ClN2O2/c1-2-20-15-9-11(3-8-14(15)19)10-17-18-13-6-4-12(16)5-7-13/h3-10,18-19H,2H2,1H3/b17-10+. The van der Waals surface area contributed by atoms with Crippen LogP contribution in [-0.4, -0.2) is 17.9 Å². The lowest BCUT2D eigenvalue weighted by atomic mass is 10.2. The van der Waals surface area contributed by atoms with Gasteiger partial charge in [0.05, 0.1) is 18.5 Å². The average Bonchev–Trinajstić information content (AvgIpc) is 2.45. The van der Waals surface area contributed by atoms with E-state index in [0.29, 0.717) is 17.4 Å². The van der Waals surface area contributed by atoms with Gasteiger partial charge in [0.1, 0.15) is 0 Å². The summed E-state index contributed by atoms with van der Waals surface area (Å²) in [5.41, 5.74) is 4.56. The number of anilines is 1. The van der Waals surface area contributed by atoms with Crippen molar-refractivity contribution >= 4 is 23.5 Å². The molecule has 104 valence electrons. The van der Waals surface area contributed by atoms with E-state index in [1.807, 2.05) is 19.1 Å². The van der Waals surface area contributed by atoms with Crippen molar-refractivity contribution in [3.8, 4) is 11.5 Å². The van der Waals surface area contributed by atoms with Gasteiger partial charge in [0.15, 0.2) is 11.5 Å². The van der Waals surface area contributed by atoms with Gasteiger partial charge < -0.3 is 9.84 Å². The summed E-state index contributed by atoms with van der Waals surface area (Å²) in [4.78, 5) is 0. The molecule has 0 spiro atoms. The SMILES string of the molecule is CCOc1cc(/C=N/Nc2ccc(Cl)cc2)ccc1O. The van der Waals surface area contributed by atoms with E-state index in [4.69, 9.17) is 16.3 Å². The third-order valence-corrected chi connectivity index (χ3v) is 2.79. The number of ether oxygens (including phenoxy) is 1. The molecule has 0 aliphatic heterocycles. The maximum atomic E-state index is 9.60. The second kappa shape index (κ2) is 6.82. The Morgan fingerprint density at radius 1 is 1.25 bits per heavy atom. The van der Waals surface area contributed by atoms with Crippen LogP contribution in [0.1, 0.15) is 12.5 Å². The first-order chi connectivity index (χ1) is 9.69. The second-order valence-electron chi connectivity index (χ2n) is 4.04. The van der Waals surface area contributed by atoms with Gasteiger partial charge in [0.2, 0.25) is 0 Å². The van der Waals surface area contributed by atoms with Crippen molar-refractivity contribution < 1.29 is 9.84 Å². The number of phenolic OH excluding ortho intramolecular Hbond substituents is 1. The monoisotopic (exact) mass is 290 g/mol. The highest BCUT2D eigenvalue weighted by molar-refractivity contribution is 6.30. The van der Waals surface area contributed by atoms with Crippen molar-refractivity contribution in [3.05, 3.63) is 53.1 Å². The summed E-state index contributed by atoms with van der Waals surface area (Å²) in [6.45, 7) is 2.36. The summed E-state index contributed by atoms with van der Waals surface area (Å²) >= 11 is 5.80. The molecule has 2 aromatic rings. The molecule has 2 rings (SSSR count). The van der Waals surface area contributed by atoms with Gasteiger partial charge in [-0.25, -0.2) is 0 Å². The van der Waals surface area contributed by atoms with Gasteiger partial charge in [0.25, 0.3) is 0 Å². The van der Waals surface area contributed by atoms with E-state index in [1.165, 1.54) is 0 Å². The summed E-state index contributed by atoms with van der Waals surface area (Å²) in [7, 11) is 0. The van der Waals surface area contributed by atoms with Gasteiger partial charge >= 0.3 is 0 Å². The van der Waals surface area contributed by atoms with Crippen LogP contribution >= 0.6 is 11.6 Å². The maximum Gasteiger partial charge on any atom is 0.161 e. The van der Waals surface area contributed by atoms with Crippen molar-refractivity contribution in [3.63, 3.8) is 0 Å². The number of rotatable bonds is 5. The fraction of sp³-hybridized carbons (Fsp3) is 0.133. The van der Waals surface area contributed by atoms with Crippen LogP contribution in [0.5, 0.6) is 11.5 Å². The molecule has 20 heavy (non-hydrogen) atoms. The molecule has 0 atom stereocenters. The van der Waals surface area contributed by atoms with Crippen molar-refractivity contribution in [2.75, 3.05) is 12.0 Å². The first-order valence-corrected chi connectivity index (χ1v) is 6.57. The molecule has 2 N–H and O–H groups in total. The Balaban J connectivity index is 2.03. The number of nitrogens with one attached hydrogen (secondary N) is 1. The van der Waals surface area contributed by atoms with E-state index in [1.54, 1.807) is 36.5 Å². The van der Waals surface area contributed by atoms with Crippen LogP contribution in [0.25, 0.3) is 0 Å². The lowest BCUT2D eigenvalue weighted by Gasteiger charge is -2.06. The minimum atomic E-state index is 0.120. The third kappa shape index (κ3) is 3.90. The minimum Gasteiger partial charge on any atom is -0.504 e. The van der Waals surface area contributed by atoms with E-state index < -0.39 is 0 Å². The second-order valence-corrected chi connectivity index (χ2v) is 4.47. The molecule has 5 heteroatoms. The number of benzene rings is 2. The summed E-state index contributed by atoms with van der Waals surface area (Å²) in [6.07, 6.45) is 1.65. The predicted octanol–water partition coefficient (Wildman–Crippen LogP) is 3.89. The highest BCUT2D eigenvalue weighted by Gasteiger charge is 2.01. The minimum absolute atomic E-state index is 0.120. The molecule has 0 aliphatic rings. The highest BCUT2D eigenvalue weighted by atomic mass is 35.5. The van der Waals surface area contributed by atoms with Crippen LogP contribution in [0.4, 0.5) is 5.69 Å². The number of hydrogen-bond acceptors (Lipinski definition) is 4. The van der Waals surface area contributed by atoms with Crippen LogP contribution < -0.4 is 10.2 Å². The smallest absolute Gasteiger partial charge is 0.161 e. The molecule has 0 saturated carbocycles. The van der Waals surface area contributed by atoms with E-state index in [-0.39, 0.29) is 5.75 Å². The Kier molecular flexibility index (Phi) is 4.85. The normalized spacial score (nSPS) is 10.7. The molecule has 0 radical (unpaired) electrons. The number of halogens is 1. The zero-order valence-corrected chi connectivity index (χ0v) is 11.8. The summed E-state index contributed by atoms with van der Waals surface area (Å²) in [5, 5.41) is 14.4. The molecule has 0 heterocycles. The zero-order chi connectivity index (χ0) is 14.4. The van der Waals surface area contributed by atoms with Gasteiger partial charge in [-0.3, -0.25) is 5.43 Å². The van der Waals surface area contributed by atoms with Crippen LogP contribution in [0.2, 0.25) is 5.02 Å². The molecule has 0 amide bonds. The molecular weight excluding hydrogens is 276 g/mol. The number of nitrogens with zero attached hydrogens (tertiary/aromatic N) is 1. The fourth-order valence-electron chi connectivity index (χ4n) is 1.59. The number of hydrazone groups is 1. The molecular formula is C15H15ClN2O2. The molecule has 2 aromatic carbocycles. The quantitative estimate of drug-likeness (QED) is 0.649. The van der Waals surface area contributed by atoms with E-state index in [9.17, 15) is 5.11 Å². The van der Waals surface area contributed by atoms with E-state index in [2.05, 4.69) is 10.5 Å². The lowest BCUT2D eigenvalue weighted by molar-refractivity contribution is 0.318. The van der Waals surface area contributed by atoms with E-state index >= 15 is 0 Å². The highest BCUT2D eigenvalue weighted by Crippen LogP contribution is 2.26. The predicted molar refractivity (Wildman–Crippen MR) is 81.9 cm³/mol. The van der Waals surface area contributed by atoms with Crippen LogP contribution in [0.15, 0.2) is 47.6 Å².